The molecule has 10 heteroatoms. The molecule has 5 aromatic rings. The van der Waals surface area contributed by atoms with Crippen molar-refractivity contribution in [2.45, 2.75) is 5.03 Å². The van der Waals surface area contributed by atoms with E-state index < -0.39 is 0 Å². The predicted molar refractivity (Wildman–Crippen MR) is 133 cm³/mol. The second-order valence-electron chi connectivity index (χ2n) is 7.18. The lowest BCUT2D eigenvalue weighted by atomic mass is 10.1. The number of nitrogens with two attached hydrogens (primary N) is 2. The standard InChI is InChI=1S/C23H21N9S/c24-7-5-18(12-25)32-33-22-11-14-1-2-15(10-20(14)29-22)23-26-8-6-21(30-23)28-17-3-4-19-16(9-17)13-27-31-19/h1-13,29,32H,24-25H2,(H,27,31)(H,26,28,30)/b7-5-,18-12+. The van der Waals surface area contributed by atoms with Crippen molar-refractivity contribution in [2.24, 2.45) is 11.5 Å². The number of nitrogens with one attached hydrogen (secondary N) is 4. The molecule has 0 atom stereocenters. The van der Waals surface area contributed by atoms with Gasteiger partial charge in [-0.15, -0.1) is 0 Å². The highest BCUT2D eigenvalue weighted by molar-refractivity contribution is 7.97. The first-order valence-corrected chi connectivity index (χ1v) is 10.9. The maximum absolute atomic E-state index is 5.58. The number of anilines is 2. The minimum absolute atomic E-state index is 0.634. The molecule has 0 fully saturated rings. The maximum Gasteiger partial charge on any atom is 0.161 e. The van der Waals surface area contributed by atoms with Gasteiger partial charge in [-0.25, -0.2) is 9.97 Å². The van der Waals surface area contributed by atoms with Gasteiger partial charge < -0.3 is 26.5 Å². The minimum atomic E-state index is 0.634. The van der Waals surface area contributed by atoms with Gasteiger partial charge in [0.2, 0.25) is 0 Å². The Morgan fingerprint density at radius 2 is 1.94 bits per heavy atom. The number of H-pyrrole nitrogens is 2. The minimum Gasteiger partial charge on any atom is -0.405 e. The summed E-state index contributed by atoms with van der Waals surface area (Å²) < 4.78 is 3.15. The molecule has 0 bridgehead atoms. The quantitative estimate of drug-likeness (QED) is 0.159. The predicted octanol–water partition coefficient (Wildman–Crippen LogP) is 4.11. The number of benzene rings is 2. The number of hydrogen-bond acceptors (Lipinski definition) is 8. The number of aromatic nitrogens is 5. The van der Waals surface area contributed by atoms with E-state index in [0.717, 1.165) is 38.1 Å². The van der Waals surface area contributed by atoms with Gasteiger partial charge in [0.1, 0.15) is 5.82 Å². The van der Waals surface area contributed by atoms with Crippen LogP contribution < -0.4 is 21.5 Å². The van der Waals surface area contributed by atoms with E-state index in [2.05, 4.69) is 36.3 Å². The van der Waals surface area contributed by atoms with Crippen LogP contribution >= 0.6 is 11.9 Å². The van der Waals surface area contributed by atoms with Crippen molar-refractivity contribution >= 4 is 45.3 Å². The van der Waals surface area contributed by atoms with Crippen molar-refractivity contribution in [3.8, 4) is 11.4 Å². The fourth-order valence-electron chi connectivity index (χ4n) is 3.37. The molecule has 0 unspecified atom stereocenters. The van der Waals surface area contributed by atoms with Crippen molar-refractivity contribution in [2.75, 3.05) is 5.32 Å². The van der Waals surface area contributed by atoms with Crippen molar-refractivity contribution in [3.63, 3.8) is 0 Å². The number of rotatable bonds is 7. The van der Waals surface area contributed by atoms with E-state index in [-0.39, 0.29) is 0 Å². The first-order chi connectivity index (χ1) is 16.2. The van der Waals surface area contributed by atoms with E-state index in [1.54, 1.807) is 18.5 Å². The fourth-order valence-corrected chi connectivity index (χ4v) is 4.08. The second kappa shape index (κ2) is 8.97. The average molecular weight is 456 g/mol. The topological polar surface area (TPSA) is 146 Å². The van der Waals surface area contributed by atoms with Crippen LogP contribution in [0.1, 0.15) is 0 Å². The molecule has 0 aliphatic heterocycles. The van der Waals surface area contributed by atoms with Gasteiger partial charge in [-0.05, 0) is 48.7 Å². The van der Waals surface area contributed by atoms with Crippen molar-refractivity contribution in [1.29, 1.82) is 0 Å². The number of fused-ring (bicyclic) bond motifs is 2. The molecule has 9 nitrogen and oxygen atoms in total. The summed E-state index contributed by atoms with van der Waals surface area (Å²) in [6, 6.07) is 16.0. The van der Waals surface area contributed by atoms with Crippen LogP contribution in [0.25, 0.3) is 33.2 Å². The number of hydrogen-bond donors (Lipinski definition) is 6. The first kappa shape index (κ1) is 20.5. The van der Waals surface area contributed by atoms with Crippen LogP contribution in [0, 0.1) is 0 Å². The van der Waals surface area contributed by atoms with Crippen molar-refractivity contribution in [1.82, 2.24) is 29.9 Å². The first-order valence-electron chi connectivity index (χ1n) is 10.1. The van der Waals surface area contributed by atoms with E-state index in [9.17, 15) is 0 Å². The molecular formula is C23H21N9S. The summed E-state index contributed by atoms with van der Waals surface area (Å²) in [5.41, 5.74) is 15.5. The van der Waals surface area contributed by atoms with Gasteiger partial charge in [-0.2, -0.15) is 5.10 Å². The molecular weight excluding hydrogens is 434 g/mol. The van der Waals surface area contributed by atoms with E-state index >= 15 is 0 Å². The van der Waals surface area contributed by atoms with Gasteiger partial charge in [0.05, 0.1) is 22.4 Å². The largest absolute Gasteiger partial charge is 0.405 e. The highest BCUT2D eigenvalue weighted by Gasteiger charge is 2.08. The molecule has 0 amide bonds. The highest BCUT2D eigenvalue weighted by Crippen LogP contribution is 2.27. The van der Waals surface area contributed by atoms with Gasteiger partial charge in [0, 0.05) is 51.9 Å². The summed E-state index contributed by atoms with van der Waals surface area (Å²) in [7, 11) is 0. The molecule has 2 aromatic carbocycles. The third-order valence-electron chi connectivity index (χ3n) is 4.96. The third-order valence-corrected chi connectivity index (χ3v) is 5.74. The zero-order valence-electron chi connectivity index (χ0n) is 17.4. The molecule has 0 radical (unpaired) electrons. The molecule has 3 aromatic heterocycles. The van der Waals surface area contributed by atoms with E-state index in [4.69, 9.17) is 16.5 Å². The lowest BCUT2D eigenvalue weighted by molar-refractivity contribution is 1.12. The molecule has 8 N–H and O–H groups in total. The Hall–Kier alpha value is -4.44. The van der Waals surface area contributed by atoms with Gasteiger partial charge >= 0.3 is 0 Å². The Labute approximate surface area is 193 Å². The van der Waals surface area contributed by atoms with Crippen LogP contribution in [-0.2, 0) is 0 Å². The Bertz CT molecular complexity index is 1480. The third kappa shape index (κ3) is 4.46. The molecule has 0 aliphatic carbocycles. The molecule has 0 aliphatic rings. The molecule has 0 spiro atoms. The lowest BCUT2D eigenvalue weighted by Gasteiger charge is -2.07. The maximum atomic E-state index is 5.58. The second-order valence-corrected chi connectivity index (χ2v) is 8.03. The zero-order valence-corrected chi connectivity index (χ0v) is 18.2. The van der Waals surface area contributed by atoms with Crippen LogP contribution in [0.4, 0.5) is 11.5 Å². The van der Waals surface area contributed by atoms with Gasteiger partial charge in [-0.3, -0.25) is 5.10 Å². The van der Waals surface area contributed by atoms with Crippen LogP contribution in [0.5, 0.6) is 0 Å². The molecule has 0 saturated carbocycles. The van der Waals surface area contributed by atoms with Crippen LogP contribution in [0.15, 0.2) is 90.1 Å². The van der Waals surface area contributed by atoms with Gasteiger partial charge in [-0.1, -0.05) is 12.1 Å². The number of aromatic amines is 2. The van der Waals surface area contributed by atoms with E-state index in [0.29, 0.717) is 17.3 Å². The fraction of sp³-hybridized carbons (Fsp3) is 0. The Morgan fingerprint density at radius 3 is 2.82 bits per heavy atom. The van der Waals surface area contributed by atoms with E-state index in [1.807, 2.05) is 42.5 Å². The van der Waals surface area contributed by atoms with Gasteiger partial charge in [0.25, 0.3) is 0 Å². The average Bonchev–Trinajstić information content (AvgIpc) is 3.47. The Balaban J connectivity index is 1.36. The van der Waals surface area contributed by atoms with Crippen molar-refractivity contribution < 1.29 is 0 Å². The molecule has 33 heavy (non-hydrogen) atoms. The summed E-state index contributed by atoms with van der Waals surface area (Å²) in [5, 5.41) is 13.4. The smallest absolute Gasteiger partial charge is 0.161 e. The Kier molecular flexibility index (Phi) is 5.56. The lowest BCUT2D eigenvalue weighted by Crippen LogP contribution is -2.04. The highest BCUT2D eigenvalue weighted by atomic mass is 32.2. The molecule has 0 saturated heterocycles. The summed E-state index contributed by atoms with van der Waals surface area (Å²) in [5.74, 6) is 1.35. The van der Waals surface area contributed by atoms with Crippen LogP contribution in [-0.4, -0.2) is 25.1 Å². The summed E-state index contributed by atoms with van der Waals surface area (Å²) in [6.45, 7) is 0. The Morgan fingerprint density at radius 1 is 1.00 bits per heavy atom. The number of nitrogens with zero attached hydrogens (tertiary/aromatic N) is 3. The SMILES string of the molecule is N/C=C\C(=C/N)NSc1cc2ccc(-c3nccc(Nc4ccc5[nH]ncc5c4)n3)cc2[nH]1. The van der Waals surface area contributed by atoms with E-state index in [1.165, 1.54) is 24.3 Å². The monoisotopic (exact) mass is 455 g/mol. The normalized spacial score (nSPS) is 12.1. The van der Waals surface area contributed by atoms with Crippen molar-refractivity contribution in [3.05, 3.63) is 85.1 Å². The number of allylic oxidation sites excluding steroid dienone is 1. The van der Waals surface area contributed by atoms with Crippen LogP contribution in [0.3, 0.4) is 0 Å². The molecule has 164 valence electrons. The van der Waals surface area contributed by atoms with Crippen LogP contribution in [0.2, 0.25) is 0 Å². The zero-order chi connectivity index (χ0) is 22.6. The van der Waals surface area contributed by atoms with Gasteiger partial charge in [0.15, 0.2) is 5.82 Å². The molecule has 5 rings (SSSR count). The summed E-state index contributed by atoms with van der Waals surface area (Å²) in [6.07, 6.45) is 8.13. The summed E-state index contributed by atoms with van der Waals surface area (Å²) in [4.78, 5) is 12.5. The molecule has 3 heterocycles. The summed E-state index contributed by atoms with van der Waals surface area (Å²) >= 11 is 1.42.